The second kappa shape index (κ2) is 7.36. The van der Waals surface area contributed by atoms with Crippen molar-refractivity contribution in [1.29, 1.82) is 0 Å². The van der Waals surface area contributed by atoms with Gasteiger partial charge in [-0.15, -0.1) is 10.2 Å². The first-order valence-corrected chi connectivity index (χ1v) is 8.99. The summed E-state index contributed by atoms with van der Waals surface area (Å²) < 4.78 is 7.26. The Morgan fingerprint density at radius 1 is 1.29 bits per heavy atom. The van der Waals surface area contributed by atoms with E-state index in [1.165, 1.54) is 11.8 Å². The average molecular weight is 364 g/mol. The molecule has 126 valence electrons. The number of aromatic nitrogens is 5. The quantitative estimate of drug-likeness (QED) is 0.607. The molecule has 3 rings (SSSR count). The number of benzene rings is 1. The van der Waals surface area contributed by atoms with Gasteiger partial charge in [0.15, 0.2) is 16.8 Å². The fourth-order valence-corrected chi connectivity index (χ4v) is 3.33. The van der Waals surface area contributed by atoms with Crippen LogP contribution in [0.15, 0.2) is 33.9 Å². The van der Waals surface area contributed by atoms with Crippen molar-refractivity contribution in [2.24, 2.45) is 7.05 Å². The van der Waals surface area contributed by atoms with Crippen LogP contribution in [0.3, 0.4) is 0 Å². The Labute approximate surface area is 149 Å². The molecule has 0 spiro atoms. The normalized spacial score (nSPS) is 12.5. The standard InChI is InChI=1S/C16H18ClN5OS/c1-4-7-13-18-15(23-21-13)10(2)24-16-20-19-14(22(16)3)11-8-5-6-9-12(11)17/h5-6,8-10H,4,7H2,1-3H3/t10-/m0/s1. The van der Waals surface area contributed by atoms with Gasteiger partial charge in [-0.05, 0) is 25.5 Å². The predicted octanol–water partition coefficient (Wildman–Crippen LogP) is 4.32. The third-order valence-corrected chi connectivity index (χ3v) is 4.99. The Morgan fingerprint density at radius 2 is 2.08 bits per heavy atom. The summed E-state index contributed by atoms with van der Waals surface area (Å²) in [5.74, 6) is 2.08. The van der Waals surface area contributed by atoms with Crippen LogP contribution in [0.4, 0.5) is 0 Å². The summed E-state index contributed by atoms with van der Waals surface area (Å²) in [6.45, 7) is 4.10. The van der Waals surface area contributed by atoms with Crippen LogP contribution in [0.25, 0.3) is 11.4 Å². The van der Waals surface area contributed by atoms with E-state index in [1.54, 1.807) is 0 Å². The zero-order valence-electron chi connectivity index (χ0n) is 13.7. The highest BCUT2D eigenvalue weighted by atomic mass is 35.5. The number of nitrogens with zero attached hydrogens (tertiary/aromatic N) is 5. The fourth-order valence-electron chi connectivity index (χ4n) is 2.26. The van der Waals surface area contributed by atoms with Crippen LogP contribution < -0.4 is 0 Å². The van der Waals surface area contributed by atoms with Gasteiger partial charge in [0.25, 0.3) is 0 Å². The van der Waals surface area contributed by atoms with Crippen molar-refractivity contribution < 1.29 is 4.52 Å². The predicted molar refractivity (Wildman–Crippen MR) is 94.0 cm³/mol. The summed E-state index contributed by atoms with van der Waals surface area (Å²) in [7, 11) is 1.92. The fraction of sp³-hybridized carbons (Fsp3) is 0.375. The molecule has 1 atom stereocenters. The van der Waals surface area contributed by atoms with Gasteiger partial charge >= 0.3 is 0 Å². The van der Waals surface area contributed by atoms with Crippen LogP contribution in [-0.4, -0.2) is 24.9 Å². The van der Waals surface area contributed by atoms with Gasteiger partial charge < -0.3 is 9.09 Å². The highest BCUT2D eigenvalue weighted by molar-refractivity contribution is 7.99. The van der Waals surface area contributed by atoms with Gasteiger partial charge in [0, 0.05) is 19.0 Å². The monoisotopic (exact) mass is 363 g/mol. The molecule has 1 aromatic carbocycles. The minimum absolute atomic E-state index is 0.00917. The zero-order chi connectivity index (χ0) is 17.1. The summed E-state index contributed by atoms with van der Waals surface area (Å²) >= 11 is 7.78. The Hall–Kier alpha value is -1.86. The van der Waals surface area contributed by atoms with Crippen molar-refractivity contribution >= 4 is 23.4 Å². The van der Waals surface area contributed by atoms with Gasteiger partial charge in [-0.3, -0.25) is 0 Å². The molecule has 0 fully saturated rings. The van der Waals surface area contributed by atoms with Crippen LogP contribution >= 0.6 is 23.4 Å². The molecule has 0 bridgehead atoms. The Kier molecular flexibility index (Phi) is 5.20. The molecule has 0 aliphatic carbocycles. The first kappa shape index (κ1) is 17.0. The number of halogens is 1. The van der Waals surface area contributed by atoms with E-state index in [-0.39, 0.29) is 5.25 Å². The molecule has 2 aromatic heterocycles. The van der Waals surface area contributed by atoms with E-state index in [9.17, 15) is 0 Å². The molecule has 0 aliphatic rings. The van der Waals surface area contributed by atoms with Crippen molar-refractivity contribution in [2.45, 2.75) is 37.1 Å². The largest absolute Gasteiger partial charge is 0.338 e. The van der Waals surface area contributed by atoms with Crippen LogP contribution in [-0.2, 0) is 13.5 Å². The Morgan fingerprint density at radius 3 is 2.83 bits per heavy atom. The number of aryl methyl sites for hydroxylation is 1. The zero-order valence-corrected chi connectivity index (χ0v) is 15.3. The molecule has 0 aliphatic heterocycles. The van der Waals surface area contributed by atoms with Crippen LogP contribution in [0, 0.1) is 0 Å². The first-order valence-electron chi connectivity index (χ1n) is 7.73. The van der Waals surface area contributed by atoms with E-state index in [0.29, 0.717) is 10.9 Å². The lowest BCUT2D eigenvalue weighted by atomic mass is 10.2. The minimum atomic E-state index is -0.00917. The third-order valence-electron chi connectivity index (χ3n) is 3.54. The second-order valence-corrected chi connectivity index (χ2v) is 7.12. The maximum absolute atomic E-state index is 6.25. The smallest absolute Gasteiger partial charge is 0.239 e. The van der Waals surface area contributed by atoms with E-state index in [1.807, 2.05) is 42.8 Å². The second-order valence-electron chi connectivity index (χ2n) is 5.40. The molecule has 0 radical (unpaired) electrons. The molecule has 24 heavy (non-hydrogen) atoms. The lowest BCUT2D eigenvalue weighted by Gasteiger charge is -2.07. The minimum Gasteiger partial charge on any atom is -0.338 e. The van der Waals surface area contributed by atoms with E-state index in [0.717, 1.165) is 35.2 Å². The molecule has 8 heteroatoms. The van der Waals surface area contributed by atoms with E-state index in [2.05, 4.69) is 27.3 Å². The molecule has 0 saturated carbocycles. The first-order chi connectivity index (χ1) is 11.6. The van der Waals surface area contributed by atoms with E-state index in [4.69, 9.17) is 16.1 Å². The number of thioether (sulfide) groups is 1. The van der Waals surface area contributed by atoms with Crippen molar-refractivity contribution in [3.63, 3.8) is 0 Å². The van der Waals surface area contributed by atoms with Crippen LogP contribution in [0.2, 0.25) is 5.02 Å². The molecule has 0 saturated heterocycles. The maximum Gasteiger partial charge on any atom is 0.239 e. The highest BCUT2D eigenvalue weighted by Crippen LogP contribution is 2.35. The Bertz CT molecular complexity index is 831. The van der Waals surface area contributed by atoms with Gasteiger partial charge in [-0.2, -0.15) is 4.98 Å². The third kappa shape index (κ3) is 3.47. The van der Waals surface area contributed by atoms with Gasteiger partial charge in [-0.1, -0.05) is 47.6 Å². The Balaban J connectivity index is 1.79. The van der Waals surface area contributed by atoms with Gasteiger partial charge in [0.1, 0.15) is 0 Å². The molecule has 3 aromatic rings. The summed E-state index contributed by atoms with van der Waals surface area (Å²) in [6.07, 6.45) is 1.81. The molecular formula is C16H18ClN5OS. The van der Waals surface area contributed by atoms with Crippen molar-refractivity contribution in [3.05, 3.63) is 41.0 Å². The summed E-state index contributed by atoms with van der Waals surface area (Å²) in [5, 5.41) is 13.9. The summed E-state index contributed by atoms with van der Waals surface area (Å²) in [5.41, 5.74) is 0.858. The molecular weight excluding hydrogens is 346 g/mol. The van der Waals surface area contributed by atoms with Crippen molar-refractivity contribution in [2.75, 3.05) is 0 Å². The number of hydrogen-bond donors (Lipinski definition) is 0. The molecule has 0 N–H and O–H groups in total. The molecule has 6 nitrogen and oxygen atoms in total. The average Bonchev–Trinajstić information content (AvgIpc) is 3.17. The van der Waals surface area contributed by atoms with Gasteiger partial charge in [0.2, 0.25) is 5.89 Å². The van der Waals surface area contributed by atoms with Gasteiger partial charge in [0.05, 0.1) is 10.3 Å². The lowest BCUT2D eigenvalue weighted by molar-refractivity contribution is 0.374. The van der Waals surface area contributed by atoms with Crippen molar-refractivity contribution in [3.8, 4) is 11.4 Å². The maximum atomic E-state index is 6.25. The molecule has 2 heterocycles. The van der Waals surface area contributed by atoms with Crippen molar-refractivity contribution in [1.82, 2.24) is 24.9 Å². The topological polar surface area (TPSA) is 69.6 Å². The SMILES string of the molecule is CCCc1noc([C@H](C)Sc2nnc(-c3ccccc3Cl)n2C)n1. The number of rotatable bonds is 6. The lowest BCUT2D eigenvalue weighted by Crippen LogP contribution is -1.97. The summed E-state index contributed by atoms with van der Waals surface area (Å²) in [4.78, 5) is 4.43. The highest BCUT2D eigenvalue weighted by Gasteiger charge is 2.20. The van der Waals surface area contributed by atoms with E-state index >= 15 is 0 Å². The van der Waals surface area contributed by atoms with Crippen LogP contribution in [0.5, 0.6) is 0 Å². The number of hydrogen-bond acceptors (Lipinski definition) is 6. The van der Waals surface area contributed by atoms with Crippen LogP contribution in [0.1, 0.15) is 37.2 Å². The van der Waals surface area contributed by atoms with Gasteiger partial charge in [-0.25, -0.2) is 0 Å². The molecule has 0 unspecified atom stereocenters. The molecule has 0 amide bonds. The van der Waals surface area contributed by atoms with E-state index < -0.39 is 0 Å². The summed E-state index contributed by atoms with van der Waals surface area (Å²) in [6, 6.07) is 7.59.